The van der Waals surface area contributed by atoms with Crippen molar-refractivity contribution in [1.82, 2.24) is 4.90 Å². The van der Waals surface area contributed by atoms with Crippen molar-refractivity contribution in [3.63, 3.8) is 0 Å². The summed E-state index contributed by atoms with van der Waals surface area (Å²) in [5, 5.41) is 2.69. The maximum absolute atomic E-state index is 12.7. The summed E-state index contributed by atoms with van der Waals surface area (Å²) >= 11 is 0. The van der Waals surface area contributed by atoms with Gasteiger partial charge in [-0.25, -0.2) is 0 Å². The molecule has 0 aliphatic carbocycles. The van der Waals surface area contributed by atoms with Crippen molar-refractivity contribution < 1.29 is 33.4 Å². The average molecular weight is 501 g/mol. The van der Waals surface area contributed by atoms with Gasteiger partial charge in [0.1, 0.15) is 30.4 Å². The summed E-state index contributed by atoms with van der Waals surface area (Å²) in [6.07, 6.45) is 0. The molecule has 188 valence electrons. The number of fused-ring (bicyclic) bond motifs is 2. The molecule has 2 aliphatic rings. The Morgan fingerprint density at radius 1 is 0.919 bits per heavy atom. The van der Waals surface area contributed by atoms with Gasteiger partial charge in [-0.15, -0.1) is 0 Å². The van der Waals surface area contributed by atoms with Crippen molar-refractivity contribution in [2.75, 3.05) is 43.6 Å². The summed E-state index contributed by atoms with van der Waals surface area (Å²) in [6, 6.07) is 18.4. The topological polar surface area (TPSA) is 114 Å². The van der Waals surface area contributed by atoms with E-state index in [2.05, 4.69) is 5.32 Å². The molecule has 5 rings (SSSR count). The first-order chi connectivity index (χ1) is 17.9. The van der Waals surface area contributed by atoms with Crippen LogP contribution in [0.25, 0.3) is 0 Å². The largest absolute Gasteiger partial charge is 0.497 e. The van der Waals surface area contributed by atoms with Crippen LogP contribution in [0.15, 0.2) is 66.7 Å². The lowest BCUT2D eigenvalue weighted by Crippen LogP contribution is -2.41. The minimum absolute atomic E-state index is 0.110. The van der Waals surface area contributed by atoms with E-state index < -0.39 is 24.3 Å². The van der Waals surface area contributed by atoms with E-state index in [1.54, 1.807) is 73.8 Å². The molecule has 0 atom stereocenters. The third-order valence-electron chi connectivity index (χ3n) is 6.01. The number of anilines is 2. The van der Waals surface area contributed by atoms with Crippen molar-refractivity contribution in [3.05, 3.63) is 77.9 Å². The molecule has 1 N–H and O–H groups in total. The van der Waals surface area contributed by atoms with E-state index in [0.717, 1.165) is 4.90 Å². The van der Waals surface area contributed by atoms with Crippen LogP contribution in [0.3, 0.4) is 0 Å². The fraction of sp³-hybridized carbons (Fsp3) is 0.185. The second-order valence-electron chi connectivity index (χ2n) is 8.33. The Hall–Kier alpha value is -4.86. The maximum Gasteiger partial charge on any atom is 0.265 e. The van der Waals surface area contributed by atoms with Gasteiger partial charge in [0.25, 0.3) is 17.7 Å². The van der Waals surface area contributed by atoms with Crippen LogP contribution in [0.4, 0.5) is 11.4 Å². The highest BCUT2D eigenvalue weighted by Crippen LogP contribution is 2.34. The number of nitrogens with zero attached hydrogens (tertiary/aromatic N) is 2. The van der Waals surface area contributed by atoms with Gasteiger partial charge in [-0.3, -0.25) is 24.1 Å². The van der Waals surface area contributed by atoms with Gasteiger partial charge in [0, 0.05) is 5.69 Å². The van der Waals surface area contributed by atoms with Crippen molar-refractivity contribution >= 4 is 35.0 Å². The zero-order valence-corrected chi connectivity index (χ0v) is 19.9. The monoisotopic (exact) mass is 501 g/mol. The molecule has 0 aromatic heterocycles. The third-order valence-corrected chi connectivity index (χ3v) is 6.01. The number of amides is 4. The summed E-state index contributed by atoms with van der Waals surface area (Å²) in [4.78, 5) is 52.8. The predicted molar refractivity (Wildman–Crippen MR) is 133 cm³/mol. The van der Waals surface area contributed by atoms with Crippen LogP contribution in [0, 0.1) is 0 Å². The smallest absolute Gasteiger partial charge is 0.265 e. The number of imide groups is 1. The molecule has 2 aliphatic heterocycles. The summed E-state index contributed by atoms with van der Waals surface area (Å²) in [5.41, 5.74) is 1.42. The number of nitrogens with one attached hydrogen (secondary N) is 1. The standard InChI is InChI=1S/C27H23N3O7/c1-35-18-7-9-19(10-8-18)36-13-12-29-22-14-17(6-11-23(22)37-16-25(29)32)28-24(31)15-30-26(33)20-4-2-3-5-21(20)27(30)34/h2-11,14H,12-13,15-16H2,1H3,(H,28,31). The molecule has 10 nitrogen and oxygen atoms in total. The first-order valence-corrected chi connectivity index (χ1v) is 11.5. The number of hydrogen-bond donors (Lipinski definition) is 1. The van der Waals surface area contributed by atoms with Crippen LogP contribution < -0.4 is 24.4 Å². The lowest BCUT2D eigenvalue weighted by molar-refractivity contribution is -0.121. The van der Waals surface area contributed by atoms with Gasteiger partial charge < -0.3 is 24.4 Å². The predicted octanol–water partition coefficient (Wildman–Crippen LogP) is 2.73. The second-order valence-corrected chi connectivity index (χ2v) is 8.33. The molecule has 3 aromatic rings. The van der Waals surface area contributed by atoms with Gasteiger partial charge in [0.15, 0.2) is 6.61 Å². The van der Waals surface area contributed by atoms with Gasteiger partial charge in [-0.2, -0.15) is 0 Å². The first kappa shape index (κ1) is 23.9. The number of rotatable bonds is 8. The Balaban J connectivity index is 1.24. The Morgan fingerprint density at radius 3 is 2.27 bits per heavy atom. The van der Waals surface area contributed by atoms with Gasteiger partial charge in [0.2, 0.25) is 5.91 Å². The average Bonchev–Trinajstić information content (AvgIpc) is 3.15. The molecule has 0 bridgehead atoms. The van der Waals surface area contributed by atoms with E-state index in [0.29, 0.717) is 28.6 Å². The van der Waals surface area contributed by atoms with Crippen molar-refractivity contribution in [1.29, 1.82) is 0 Å². The fourth-order valence-electron chi connectivity index (χ4n) is 4.18. The summed E-state index contributed by atoms with van der Waals surface area (Å²) in [7, 11) is 1.58. The van der Waals surface area contributed by atoms with Gasteiger partial charge >= 0.3 is 0 Å². The van der Waals surface area contributed by atoms with E-state index >= 15 is 0 Å². The first-order valence-electron chi connectivity index (χ1n) is 11.5. The van der Waals surface area contributed by atoms with E-state index in [1.165, 1.54) is 4.90 Å². The molecule has 0 saturated heterocycles. The molecular formula is C27H23N3O7. The molecule has 37 heavy (non-hydrogen) atoms. The van der Waals surface area contributed by atoms with Crippen LogP contribution in [0.2, 0.25) is 0 Å². The van der Waals surface area contributed by atoms with E-state index in [9.17, 15) is 19.2 Å². The van der Waals surface area contributed by atoms with E-state index in [4.69, 9.17) is 14.2 Å². The zero-order chi connectivity index (χ0) is 25.9. The van der Waals surface area contributed by atoms with Gasteiger partial charge in [-0.1, -0.05) is 12.1 Å². The summed E-state index contributed by atoms with van der Waals surface area (Å²) in [5.74, 6) is 0.0131. The number of carbonyl (C=O) groups is 4. The number of hydrogen-bond acceptors (Lipinski definition) is 7. The SMILES string of the molecule is COc1ccc(OCCN2C(=O)COc3ccc(NC(=O)CN4C(=O)c5ccccc5C4=O)cc32)cc1. The molecular weight excluding hydrogens is 478 g/mol. The maximum atomic E-state index is 12.7. The number of carbonyl (C=O) groups excluding carboxylic acids is 4. The Labute approximate surface area is 212 Å². The normalized spacial score (nSPS) is 14.1. The van der Waals surface area contributed by atoms with Crippen LogP contribution in [0.1, 0.15) is 20.7 Å². The molecule has 0 spiro atoms. The summed E-state index contributed by atoms with van der Waals surface area (Å²) in [6.45, 7) is -0.0548. The fourth-order valence-corrected chi connectivity index (χ4v) is 4.18. The molecule has 10 heteroatoms. The number of ether oxygens (including phenoxy) is 3. The van der Waals surface area contributed by atoms with Gasteiger partial charge in [-0.05, 0) is 54.6 Å². The Bertz CT molecular complexity index is 1350. The minimum atomic E-state index is -0.549. The Kier molecular flexibility index (Phi) is 6.46. The van der Waals surface area contributed by atoms with Crippen LogP contribution in [0.5, 0.6) is 17.2 Å². The molecule has 0 unspecified atom stereocenters. The van der Waals surface area contributed by atoms with E-state index in [-0.39, 0.29) is 36.8 Å². The van der Waals surface area contributed by atoms with Crippen molar-refractivity contribution in [2.45, 2.75) is 0 Å². The molecule has 4 amide bonds. The molecule has 0 fully saturated rings. The van der Waals surface area contributed by atoms with Crippen LogP contribution in [-0.4, -0.2) is 61.9 Å². The highest BCUT2D eigenvalue weighted by molar-refractivity contribution is 6.22. The molecule has 3 aromatic carbocycles. The second kappa shape index (κ2) is 10.0. The minimum Gasteiger partial charge on any atom is -0.497 e. The molecule has 2 heterocycles. The van der Waals surface area contributed by atoms with Gasteiger partial charge in [0.05, 0.1) is 30.5 Å². The highest BCUT2D eigenvalue weighted by atomic mass is 16.5. The number of benzene rings is 3. The van der Waals surface area contributed by atoms with Crippen molar-refractivity contribution in [3.8, 4) is 17.2 Å². The Morgan fingerprint density at radius 2 is 1.59 bits per heavy atom. The lowest BCUT2D eigenvalue weighted by Gasteiger charge is -2.29. The quantitative estimate of drug-likeness (QED) is 0.472. The summed E-state index contributed by atoms with van der Waals surface area (Å²) < 4.78 is 16.4. The molecule has 0 radical (unpaired) electrons. The lowest BCUT2D eigenvalue weighted by atomic mass is 10.1. The zero-order valence-electron chi connectivity index (χ0n) is 19.9. The third kappa shape index (κ3) is 4.81. The van der Waals surface area contributed by atoms with Crippen LogP contribution >= 0.6 is 0 Å². The molecule has 0 saturated carbocycles. The number of methoxy groups -OCH3 is 1. The van der Waals surface area contributed by atoms with Crippen molar-refractivity contribution in [2.24, 2.45) is 0 Å². The van der Waals surface area contributed by atoms with Crippen LogP contribution in [-0.2, 0) is 9.59 Å². The van der Waals surface area contributed by atoms with E-state index in [1.807, 2.05) is 0 Å². The highest BCUT2D eigenvalue weighted by Gasteiger charge is 2.36.